The molecule has 1 aliphatic carbocycles. The van der Waals surface area contributed by atoms with Crippen LogP contribution in [0.4, 0.5) is 5.69 Å². The molecule has 0 radical (unpaired) electrons. The lowest BCUT2D eigenvalue weighted by atomic mass is 9.94. The van der Waals surface area contributed by atoms with Crippen LogP contribution >= 0.6 is 0 Å². The highest BCUT2D eigenvalue weighted by Gasteiger charge is 2.35. The van der Waals surface area contributed by atoms with Crippen molar-refractivity contribution >= 4 is 27.5 Å². The van der Waals surface area contributed by atoms with E-state index in [4.69, 9.17) is 9.47 Å². The molecule has 1 saturated carbocycles. The predicted octanol–water partition coefficient (Wildman–Crippen LogP) is 5.01. The molecule has 240 valence electrons. The van der Waals surface area contributed by atoms with Crippen LogP contribution in [0.1, 0.15) is 55.7 Å². The number of rotatable bonds is 12. The summed E-state index contributed by atoms with van der Waals surface area (Å²) in [7, 11) is -3.89. The normalized spacial score (nSPS) is 15.6. The lowest BCUT2D eigenvalue weighted by molar-refractivity contribution is -0.140. The molecule has 1 atom stereocenters. The third kappa shape index (κ3) is 8.36. The molecule has 1 heterocycles. The van der Waals surface area contributed by atoms with Crippen molar-refractivity contribution in [1.82, 2.24) is 10.2 Å². The molecule has 1 aliphatic heterocycles. The number of hydrogen-bond acceptors (Lipinski definition) is 6. The second kappa shape index (κ2) is 14.8. The Balaban J connectivity index is 1.51. The minimum Gasteiger partial charge on any atom is -0.486 e. The number of carbonyl (C=O) groups excluding carboxylic acids is 2. The smallest absolute Gasteiger partial charge is 0.244 e. The summed E-state index contributed by atoms with van der Waals surface area (Å²) in [5.41, 5.74) is 3.14. The van der Waals surface area contributed by atoms with Gasteiger partial charge < -0.3 is 19.7 Å². The summed E-state index contributed by atoms with van der Waals surface area (Å²) >= 11 is 0. The maximum absolute atomic E-state index is 14.5. The van der Waals surface area contributed by atoms with E-state index in [1.165, 1.54) is 0 Å². The van der Waals surface area contributed by atoms with Gasteiger partial charge in [0.2, 0.25) is 21.8 Å². The first kappa shape index (κ1) is 32.3. The molecule has 3 aromatic rings. The highest BCUT2D eigenvalue weighted by molar-refractivity contribution is 7.92. The largest absolute Gasteiger partial charge is 0.486 e. The van der Waals surface area contributed by atoms with E-state index in [9.17, 15) is 18.0 Å². The number of amides is 2. The number of sulfonamides is 1. The van der Waals surface area contributed by atoms with Crippen molar-refractivity contribution in [3.8, 4) is 11.5 Å². The lowest BCUT2D eigenvalue weighted by Crippen LogP contribution is -2.55. The van der Waals surface area contributed by atoms with Gasteiger partial charge >= 0.3 is 0 Å². The number of nitrogens with zero attached hydrogens (tertiary/aromatic N) is 2. The number of hydrogen-bond donors (Lipinski definition) is 1. The number of anilines is 1. The number of fused-ring (bicyclic) bond motifs is 1. The molecular weight excluding hydrogens is 590 g/mol. The third-order valence-electron chi connectivity index (χ3n) is 8.49. The van der Waals surface area contributed by atoms with Gasteiger partial charge in [-0.25, -0.2) is 8.42 Å². The zero-order valence-electron chi connectivity index (χ0n) is 26.1. The van der Waals surface area contributed by atoms with Gasteiger partial charge in [-0.1, -0.05) is 79.4 Å². The molecule has 9 nitrogen and oxygen atoms in total. The predicted molar refractivity (Wildman–Crippen MR) is 175 cm³/mol. The summed E-state index contributed by atoms with van der Waals surface area (Å²) in [4.78, 5) is 30.1. The molecule has 5 rings (SSSR count). The molecule has 10 heteroatoms. The summed E-state index contributed by atoms with van der Waals surface area (Å²) in [6.45, 7) is 3.96. The van der Waals surface area contributed by atoms with Crippen LogP contribution < -0.4 is 19.1 Å². The molecule has 3 aromatic carbocycles. The number of carbonyl (C=O) groups is 2. The van der Waals surface area contributed by atoms with Crippen molar-refractivity contribution in [1.29, 1.82) is 0 Å². The first-order valence-corrected chi connectivity index (χ1v) is 17.4. The molecule has 2 amide bonds. The van der Waals surface area contributed by atoms with Crippen LogP contribution in [0.15, 0.2) is 72.8 Å². The molecular formula is C35H43N3O6S. The minimum absolute atomic E-state index is 0.0514. The Kier molecular flexibility index (Phi) is 10.7. The molecule has 0 bridgehead atoms. The van der Waals surface area contributed by atoms with Crippen LogP contribution in [0.2, 0.25) is 0 Å². The molecule has 2 aliphatic rings. The van der Waals surface area contributed by atoms with Gasteiger partial charge in [-0.05, 0) is 49.9 Å². The van der Waals surface area contributed by atoms with Crippen LogP contribution in [-0.2, 0) is 32.6 Å². The van der Waals surface area contributed by atoms with E-state index in [2.05, 4.69) is 5.32 Å². The number of ether oxygens (including phenoxy) is 2. The molecule has 1 N–H and O–H groups in total. The van der Waals surface area contributed by atoms with E-state index in [1.54, 1.807) is 30.0 Å². The van der Waals surface area contributed by atoms with Crippen molar-refractivity contribution in [3.63, 3.8) is 0 Å². The van der Waals surface area contributed by atoms with Crippen LogP contribution in [0, 0.1) is 6.92 Å². The molecule has 0 spiro atoms. The second-order valence-electron chi connectivity index (χ2n) is 11.8. The zero-order chi connectivity index (χ0) is 31.8. The maximum Gasteiger partial charge on any atom is 0.244 e. The topological polar surface area (TPSA) is 105 Å². The molecule has 0 unspecified atom stereocenters. The van der Waals surface area contributed by atoms with E-state index >= 15 is 0 Å². The minimum atomic E-state index is -3.89. The molecule has 1 fully saturated rings. The van der Waals surface area contributed by atoms with Gasteiger partial charge in [0.15, 0.2) is 11.5 Å². The van der Waals surface area contributed by atoms with Gasteiger partial charge in [-0.3, -0.25) is 13.9 Å². The number of aryl methyl sites for hydroxylation is 1. The SMILES string of the molecule is CCS(=O)(=O)N(CC(=O)N(Cc1ccc(C)cc1)[C@H](Cc1ccccc1)C(=O)NC1CCCCC1)c1ccc2c(c1)OCCO2. The fourth-order valence-corrected chi connectivity index (χ4v) is 6.95. The maximum atomic E-state index is 14.5. The number of nitrogens with one attached hydrogen (secondary N) is 1. The fraction of sp³-hybridized carbons (Fsp3) is 0.429. The fourth-order valence-electron chi connectivity index (χ4n) is 5.90. The van der Waals surface area contributed by atoms with E-state index in [-0.39, 0.29) is 24.2 Å². The highest BCUT2D eigenvalue weighted by Crippen LogP contribution is 2.35. The van der Waals surface area contributed by atoms with Crippen LogP contribution in [0.5, 0.6) is 11.5 Å². The Bertz CT molecular complexity index is 1560. The van der Waals surface area contributed by atoms with Crippen molar-refractivity contribution in [2.75, 3.05) is 29.8 Å². The second-order valence-corrected chi connectivity index (χ2v) is 14.0. The highest BCUT2D eigenvalue weighted by atomic mass is 32.2. The molecule has 0 saturated heterocycles. The van der Waals surface area contributed by atoms with Gasteiger partial charge in [0.05, 0.1) is 11.4 Å². The van der Waals surface area contributed by atoms with Gasteiger partial charge in [-0.15, -0.1) is 0 Å². The Morgan fingerprint density at radius 1 is 0.889 bits per heavy atom. The van der Waals surface area contributed by atoms with Crippen molar-refractivity contribution in [2.45, 2.75) is 71.0 Å². The summed E-state index contributed by atoms with van der Waals surface area (Å²) in [6, 6.07) is 21.5. The Labute approximate surface area is 266 Å². The molecule has 0 aromatic heterocycles. The standard InChI is InChI=1S/C35H43N3O6S/c1-3-45(41,42)38(30-18-19-32-33(23-30)44-21-20-43-32)25-34(39)37(24-28-16-14-26(2)15-17-28)31(22-27-10-6-4-7-11-27)35(40)36-29-12-8-5-9-13-29/h4,6-7,10-11,14-19,23,29,31H,3,5,8-9,12-13,20-22,24-25H2,1-2H3,(H,36,40)/t31-/m1/s1. The van der Waals surface area contributed by atoms with Crippen LogP contribution in [-0.4, -0.2) is 62.7 Å². The average Bonchev–Trinajstić information content (AvgIpc) is 3.06. The van der Waals surface area contributed by atoms with Crippen LogP contribution in [0.3, 0.4) is 0 Å². The number of benzene rings is 3. The summed E-state index contributed by atoms with van der Waals surface area (Å²) < 4.78 is 39.4. The van der Waals surface area contributed by atoms with Gasteiger partial charge in [-0.2, -0.15) is 0 Å². The Hall–Kier alpha value is -4.05. The molecule has 45 heavy (non-hydrogen) atoms. The monoisotopic (exact) mass is 633 g/mol. The summed E-state index contributed by atoms with van der Waals surface area (Å²) in [6.07, 6.45) is 5.37. The lowest BCUT2D eigenvalue weighted by Gasteiger charge is -2.35. The van der Waals surface area contributed by atoms with Crippen molar-refractivity contribution in [3.05, 3.63) is 89.5 Å². The Morgan fingerprint density at radius 2 is 1.58 bits per heavy atom. The van der Waals surface area contributed by atoms with Gasteiger partial charge in [0.25, 0.3) is 0 Å². The third-order valence-corrected chi connectivity index (χ3v) is 10.2. The van der Waals surface area contributed by atoms with Gasteiger partial charge in [0.1, 0.15) is 25.8 Å². The first-order valence-electron chi connectivity index (χ1n) is 15.8. The van der Waals surface area contributed by atoms with E-state index < -0.39 is 28.5 Å². The zero-order valence-corrected chi connectivity index (χ0v) is 26.9. The van der Waals surface area contributed by atoms with E-state index in [0.29, 0.717) is 36.8 Å². The average molecular weight is 634 g/mol. The Morgan fingerprint density at radius 3 is 2.27 bits per heavy atom. The van der Waals surface area contributed by atoms with Crippen molar-refractivity contribution in [2.24, 2.45) is 0 Å². The first-order chi connectivity index (χ1) is 21.7. The van der Waals surface area contributed by atoms with Crippen molar-refractivity contribution < 1.29 is 27.5 Å². The summed E-state index contributed by atoms with van der Waals surface area (Å²) in [5.74, 6) is 0.0430. The van der Waals surface area contributed by atoms with Gasteiger partial charge in [0, 0.05) is 25.1 Å². The van der Waals surface area contributed by atoms with E-state index in [1.807, 2.05) is 61.5 Å². The summed E-state index contributed by atoms with van der Waals surface area (Å²) in [5, 5.41) is 3.23. The quantitative estimate of drug-likeness (QED) is 0.301. The van der Waals surface area contributed by atoms with Crippen LogP contribution in [0.25, 0.3) is 0 Å². The van der Waals surface area contributed by atoms with E-state index in [0.717, 1.165) is 53.1 Å².